The molecule has 0 fully saturated rings. The van der Waals surface area contributed by atoms with Crippen molar-refractivity contribution in [3.63, 3.8) is 0 Å². The van der Waals surface area contributed by atoms with Crippen LogP contribution in [0.5, 0.6) is 5.75 Å². The van der Waals surface area contributed by atoms with Crippen LogP contribution in [0.15, 0.2) is 48.5 Å². The molecule has 0 bridgehead atoms. The second-order valence-corrected chi connectivity index (χ2v) is 5.44. The molecule has 0 heterocycles. The van der Waals surface area contributed by atoms with Crippen LogP contribution in [0.3, 0.4) is 0 Å². The highest BCUT2D eigenvalue weighted by Crippen LogP contribution is 2.19. The number of hydrogen-bond donors (Lipinski definition) is 3. The van der Waals surface area contributed by atoms with Gasteiger partial charge in [0.05, 0.1) is 23.8 Å². The van der Waals surface area contributed by atoms with E-state index in [1.165, 1.54) is 12.1 Å². The largest absolute Gasteiger partial charge is 0.478 e. The lowest BCUT2D eigenvalue weighted by Crippen LogP contribution is -2.42. The van der Waals surface area contributed by atoms with E-state index in [0.717, 1.165) is 12.1 Å². The number of para-hydroxylation sites is 1. The van der Waals surface area contributed by atoms with Crippen molar-refractivity contribution in [3.8, 4) is 5.75 Å². The number of carboxylic acid groups (broad SMARTS) is 1. The molecule has 0 saturated carbocycles. The second-order valence-electron chi connectivity index (χ2n) is 5.04. The van der Waals surface area contributed by atoms with Crippen molar-refractivity contribution in [2.45, 2.75) is 6.10 Å². The number of benzene rings is 2. The molecule has 0 saturated heterocycles. The van der Waals surface area contributed by atoms with Crippen LogP contribution >= 0.6 is 11.6 Å². The van der Waals surface area contributed by atoms with E-state index in [-0.39, 0.29) is 18.8 Å². The molecule has 2 aromatic carbocycles. The lowest BCUT2D eigenvalue weighted by Gasteiger charge is -2.16. The number of amides is 1. The second kappa shape index (κ2) is 8.89. The van der Waals surface area contributed by atoms with Gasteiger partial charge in [-0.15, -0.1) is 0 Å². The average molecular weight is 367 g/mol. The molecule has 25 heavy (non-hydrogen) atoms. The molecule has 8 heteroatoms. The summed E-state index contributed by atoms with van der Waals surface area (Å²) < 4.78 is 18.1. The van der Waals surface area contributed by atoms with Crippen molar-refractivity contribution < 1.29 is 23.8 Å². The fourth-order valence-electron chi connectivity index (χ4n) is 1.91. The van der Waals surface area contributed by atoms with Gasteiger partial charge in [-0.25, -0.2) is 9.18 Å². The summed E-state index contributed by atoms with van der Waals surface area (Å²) in [6.45, 7) is -0.317. The zero-order valence-corrected chi connectivity index (χ0v) is 13.8. The zero-order valence-electron chi connectivity index (χ0n) is 13.0. The highest BCUT2D eigenvalue weighted by molar-refractivity contribution is 6.33. The number of carbonyl (C=O) groups is 2. The van der Waals surface area contributed by atoms with E-state index in [4.69, 9.17) is 21.4 Å². The molecule has 1 atom stereocenters. The standard InChI is InChI=1S/C17H16ClFN2O4/c18-13-3-1-2-4-14(13)20-10-16(22)21-9-15(17(23)24)25-12-7-5-11(19)6-8-12/h1-8,15,20H,9-10H2,(H,21,22)(H,23,24). The summed E-state index contributed by atoms with van der Waals surface area (Å²) >= 11 is 5.96. The third-order valence-corrected chi connectivity index (χ3v) is 3.49. The Bertz CT molecular complexity index is 740. The third-order valence-electron chi connectivity index (χ3n) is 3.17. The fourth-order valence-corrected chi connectivity index (χ4v) is 2.11. The van der Waals surface area contributed by atoms with E-state index in [9.17, 15) is 14.0 Å². The van der Waals surface area contributed by atoms with Crippen molar-refractivity contribution in [2.24, 2.45) is 0 Å². The summed E-state index contributed by atoms with van der Waals surface area (Å²) in [5.74, 6) is -1.94. The first-order valence-electron chi connectivity index (χ1n) is 7.36. The number of carboxylic acids is 1. The van der Waals surface area contributed by atoms with Gasteiger partial charge in [-0.2, -0.15) is 0 Å². The van der Waals surface area contributed by atoms with Gasteiger partial charge in [0, 0.05) is 0 Å². The van der Waals surface area contributed by atoms with E-state index in [2.05, 4.69) is 10.6 Å². The maximum Gasteiger partial charge on any atom is 0.346 e. The number of ether oxygens (including phenoxy) is 1. The SMILES string of the molecule is O=C(CNc1ccccc1Cl)NCC(Oc1ccc(F)cc1)C(=O)O. The smallest absolute Gasteiger partial charge is 0.346 e. The van der Waals surface area contributed by atoms with Gasteiger partial charge in [0.2, 0.25) is 12.0 Å². The molecule has 1 amide bonds. The van der Waals surface area contributed by atoms with Crippen LogP contribution in [0.4, 0.5) is 10.1 Å². The number of aliphatic carboxylic acids is 1. The monoisotopic (exact) mass is 366 g/mol. The maximum absolute atomic E-state index is 12.8. The number of anilines is 1. The first-order valence-corrected chi connectivity index (χ1v) is 7.73. The summed E-state index contributed by atoms with van der Waals surface area (Å²) in [6.07, 6.45) is -1.30. The van der Waals surface area contributed by atoms with Gasteiger partial charge in [0.15, 0.2) is 0 Å². The lowest BCUT2D eigenvalue weighted by molar-refractivity contribution is -0.145. The molecule has 0 aliphatic rings. The van der Waals surface area contributed by atoms with E-state index >= 15 is 0 Å². The molecule has 2 aromatic rings. The van der Waals surface area contributed by atoms with Crippen molar-refractivity contribution in [1.29, 1.82) is 0 Å². The van der Waals surface area contributed by atoms with Gasteiger partial charge >= 0.3 is 5.97 Å². The van der Waals surface area contributed by atoms with Crippen LogP contribution < -0.4 is 15.4 Å². The van der Waals surface area contributed by atoms with Crippen LogP contribution in [0.1, 0.15) is 0 Å². The molecule has 0 aliphatic carbocycles. The maximum atomic E-state index is 12.8. The number of carbonyl (C=O) groups excluding carboxylic acids is 1. The Morgan fingerprint density at radius 1 is 1.16 bits per heavy atom. The van der Waals surface area contributed by atoms with Crippen LogP contribution in [0.25, 0.3) is 0 Å². The van der Waals surface area contributed by atoms with Crippen LogP contribution in [-0.2, 0) is 9.59 Å². The van der Waals surface area contributed by atoms with Gasteiger partial charge in [-0.3, -0.25) is 4.79 Å². The highest BCUT2D eigenvalue weighted by Gasteiger charge is 2.20. The summed E-state index contributed by atoms with van der Waals surface area (Å²) in [4.78, 5) is 23.1. The Morgan fingerprint density at radius 3 is 2.48 bits per heavy atom. The zero-order chi connectivity index (χ0) is 18.2. The summed E-state index contributed by atoms with van der Waals surface area (Å²) in [5, 5.41) is 14.9. The van der Waals surface area contributed by atoms with E-state index in [1.54, 1.807) is 24.3 Å². The molecule has 3 N–H and O–H groups in total. The minimum Gasteiger partial charge on any atom is -0.478 e. The first-order chi connectivity index (χ1) is 12.0. The van der Waals surface area contributed by atoms with Crippen molar-refractivity contribution in [2.75, 3.05) is 18.4 Å². The quantitative estimate of drug-likeness (QED) is 0.668. The van der Waals surface area contributed by atoms with E-state index < -0.39 is 23.8 Å². The minimum absolute atomic E-state index is 0.0768. The Hall–Kier alpha value is -2.80. The molecule has 2 rings (SSSR count). The van der Waals surface area contributed by atoms with Gasteiger partial charge in [-0.1, -0.05) is 23.7 Å². The lowest BCUT2D eigenvalue weighted by atomic mass is 10.3. The Morgan fingerprint density at radius 2 is 1.84 bits per heavy atom. The summed E-state index contributed by atoms with van der Waals surface area (Å²) in [7, 11) is 0. The molecule has 0 aliphatic heterocycles. The number of nitrogens with one attached hydrogen (secondary N) is 2. The van der Waals surface area contributed by atoms with Crippen molar-refractivity contribution in [3.05, 3.63) is 59.4 Å². The van der Waals surface area contributed by atoms with Gasteiger partial charge in [0.1, 0.15) is 11.6 Å². The van der Waals surface area contributed by atoms with Gasteiger partial charge in [-0.05, 0) is 36.4 Å². The van der Waals surface area contributed by atoms with Crippen LogP contribution in [-0.4, -0.2) is 36.2 Å². The van der Waals surface area contributed by atoms with Crippen LogP contribution in [0.2, 0.25) is 5.02 Å². The van der Waals surface area contributed by atoms with Gasteiger partial charge in [0.25, 0.3) is 0 Å². The van der Waals surface area contributed by atoms with Crippen LogP contribution in [0, 0.1) is 5.82 Å². The minimum atomic E-state index is -1.30. The molecule has 0 spiro atoms. The van der Waals surface area contributed by atoms with Crippen molar-refractivity contribution >= 4 is 29.2 Å². The molecule has 0 radical (unpaired) electrons. The fraction of sp³-hybridized carbons (Fsp3) is 0.176. The van der Waals surface area contributed by atoms with E-state index in [1.807, 2.05) is 0 Å². The Kier molecular flexibility index (Phi) is 6.59. The summed E-state index contributed by atoms with van der Waals surface area (Å²) in [6, 6.07) is 11.9. The number of rotatable bonds is 8. The number of hydrogen-bond acceptors (Lipinski definition) is 4. The highest BCUT2D eigenvalue weighted by atomic mass is 35.5. The number of halogens is 2. The predicted octanol–water partition coefficient (Wildman–Crippen LogP) is 2.54. The molecule has 132 valence electrons. The van der Waals surface area contributed by atoms with E-state index in [0.29, 0.717) is 10.7 Å². The normalized spacial score (nSPS) is 11.4. The molecular weight excluding hydrogens is 351 g/mol. The molecule has 0 aromatic heterocycles. The van der Waals surface area contributed by atoms with Gasteiger partial charge < -0.3 is 20.5 Å². The molecular formula is C17H16ClFN2O4. The third kappa shape index (κ3) is 5.96. The average Bonchev–Trinajstić information content (AvgIpc) is 2.59. The topological polar surface area (TPSA) is 87.7 Å². The van der Waals surface area contributed by atoms with Crippen molar-refractivity contribution in [1.82, 2.24) is 5.32 Å². The predicted molar refractivity (Wildman–Crippen MR) is 91.4 cm³/mol. The first kappa shape index (κ1) is 18.5. The molecule has 6 nitrogen and oxygen atoms in total. The summed E-state index contributed by atoms with van der Waals surface area (Å²) in [5.41, 5.74) is 0.594. The Balaban J connectivity index is 1.83. The Labute approximate surface area is 148 Å². The molecule has 1 unspecified atom stereocenters.